The normalized spacial score (nSPS) is 17.1. The Morgan fingerprint density at radius 2 is 1.94 bits per heavy atom. The van der Waals surface area contributed by atoms with Gasteiger partial charge < -0.3 is 4.74 Å². The van der Waals surface area contributed by atoms with E-state index in [1.165, 1.54) is 12.1 Å². The zero-order chi connectivity index (χ0) is 13.0. The van der Waals surface area contributed by atoms with Gasteiger partial charge in [0.1, 0.15) is 11.6 Å². The first-order chi connectivity index (χ1) is 8.68. The molecular formula is C13H16BrF2NO. The van der Waals surface area contributed by atoms with Crippen molar-refractivity contribution >= 4 is 15.9 Å². The Hall–Kier alpha value is -0.520. The zero-order valence-corrected chi connectivity index (χ0v) is 11.7. The van der Waals surface area contributed by atoms with Gasteiger partial charge in [-0.15, -0.1) is 0 Å². The lowest BCUT2D eigenvalue weighted by molar-refractivity contribution is 0.0374. The van der Waals surface area contributed by atoms with Gasteiger partial charge in [0.2, 0.25) is 0 Å². The maximum atomic E-state index is 13.7. The smallest absolute Gasteiger partial charge is 0.143 e. The van der Waals surface area contributed by atoms with Gasteiger partial charge in [-0.25, -0.2) is 8.78 Å². The van der Waals surface area contributed by atoms with Crippen molar-refractivity contribution in [1.82, 2.24) is 4.90 Å². The monoisotopic (exact) mass is 319 g/mol. The summed E-state index contributed by atoms with van der Waals surface area (Å²) in [5, 5.41) is 0. The molecule has 1 aliphatic heterocycles. The quantitative estimate of drug-likeness (QED) is 0.791. The van der Waals surface area contributed by atoms with Crippen molar-refractivity contribution < 1.29 is 13.5 Å². The minimum absolute atomic E-state index is 0.178. The highest BCUT2D eigenvalue weighted by molar-refractivity contribution is 9.10. The zero-order valence-electron chi connectivity index (χ0n) is 10.1. The Bertz CT molecular complexity index is 408. The predicted octanol–water partition coefficient (Wildman–Crippen LogP) is 2.99. The number of ether oxygens (including phenoxy) is 1. The van der Waals surface area contributed by atoms with E-state index in [1.54, 1.807) is 0 Å². The molecule has 0 aromatic heterocycles. The molecule has 100 valence electrons. The third kappa shape index (κ3) is 3.49. The summed E-state index contributed by atoms with van der Waals surface area (Å²) in [7, 11) is 0. The molecule has 0 radical (unpaired) electrons. The van der Waals surface area contributed by atoms with Gasteiger partial charge in [0.05, 0.1) is 17.7 Å². The number of nitrogens with zero attached hydrogens (tertiary/aromatic N) is 1. The highest BCUT2D eigenvalue weighted by Gasteiger charge is 2.14. The van der Waals surface area contributed by atoms with Gasteiger partial charge in [0.15, 0.2) is 0 Å². The molecule has 2 rings (SSSR count). The van der Waals surface area contributed by atoms with E-state index in [-0.39, 0.29) is 5.56 Å². The molecule has 5 heteroatoms. The van der Waals surface area contributed by atoms with Gasteiger partial charge in [0, 0.05) is 18.7 Å². The molecule has 0 atom stereocenters. The van der Waals surface area contributed by atoms with Crippen LogP contribution in [0.1, 0.15) is 12.0 Å². The number of halogens is 3. The Morgan fingerprint density at radius 1 is 1.22 bits per heavy atom. The molecule has 18 heavy (non-hydrogen) atoms. The van der Waals surface area contributed by atoms with Crippen LogP contribution in [-0.2, 0) is 11.2 Å². The molecule has 0 N–H and O–H groups in total. The number of rotatable bonds is 4. The van der Waals surface area contributed by atoms with Crippen molar-refractivity contribution in [3.8, 4) is 0 Å². The van der Waals surface area contributed by atoms with Gasteiger partial charge in [-0.1, -0.05) is 0 Å². The molecule has 0 bridgehead atoms. The number of morpholine rings is 1. The molecule has 1 heterocycles. The number of hydrogen-bond donors (Lipinski definition) is 0. The number of hydrogen-bond acceptors (Lipinski definition) is 2. The summed E-state index contributed by atoms with van der Waals surface area (Å²) in [6.45, 7) is 4.17. The van der Waals surface area contributed by atoms with Gasteiger partial charge in [0.25, 0.3) is 0 Å². The standard InChI is InChI=1S/C13H16BrF2NO/c14-11-3-4-12(15)10(13(11)16)2-1-5-17-6-8-18-9-7-17/h3-4H,1-2,5-9H2. The van der Waals surface area contributed by atoms with E-state index in [2.05, 4.69) is 20.8 Å². The van der Waals surface area contributed by atoms with E-state index in [1.807, 2.05) is 0 Å². The van der Waals surface area contributed by atoms with E-state index >= 15 is 0 Å². The van der Waals surface area contributed by atoms with Crippen molar-refractivity contribution in [2.45, 2.75) is 12.8 Å². The second kappa shape index (κ2) is 6.59. The van der Waals surface area contributed by atoms with Gasteiger partial charge >= 0.3 is 0 Å². The van der Waals surface area contributed by atoms with Crippen molar-refractivity contribution in [1.29, 1.82) is 0 Å². The molecule has 0 unspecified atom stereocenters. The van der Waals surface area contributed by atoms with Crippen molar-refractivity contribution in [3.63, 3.8) is 0 Å². The third-order valence-corrected chi connectivity index (χ3v) is 3.76. The summed E-state index contributed by atoms with van der Waals surface area (Å²) in [6.07, 6.45) is 1.18. The lowest BCUT2D eigenvalue weighted by Crippen LogP contribution is -2.37. The van der Waals surface area contributed by atoms with Crippen LogP contribution in [0, 0.1) is 11.6 Å². The summed E-state index contributed by atoms with van der Waals surface area (Å²) in [6, 6.07) is 2.70. The molecule has 1 aliphatic rings. The minimum Gasteiger partial charge on any atom is -0.379 e. The fraction of sp³-hybridized carbons (Fsp3) is 0.538. The summed E-state index contributed by atoms with van der Waals surface area (Å²) in [5.74, 6) is -0.936. The highest BCUT2D eigenvalue weighted by Crippen LogP contribution is 2.22. The Labute approximate surface area is 114 Å². The van der Waals surface area contributed by atoms with Crippen molar-refractivity contribution in [3.05, 3.63) is 33.8 Å². The average Bonchev–Trinajstić information content (AvgIpc) is 2.39. The van der Waals surface area contributed by atoms with Gasteiger partial charge in [-0.3, -0.25) is 4.90 Å². The first kappa shape index (κ1) is 13.9. The predicted molar refractivity (Wildman–Crippen MR) is 69.6 cm³/mol. The van der Waals surface area contributed by atoms with Crippen LogP contribution < -0.4 is 0 Å². The maximum absolute atomic E-state index is 13.7. The topological polar surface area (TPSA) is 12.5 Å². The molecule has 0 spiro atoms. The number of benzene rings is 1. The Morgan fingerprint density at radius 3 is 2.67 bits per heavy atom. The molecule has 0 aliphatic carbocycles. The molecule has 1 saturated heterocycles. The minimum atomic E-state index is -0.475. The van der Waals surface area contributed by atoms with E-state index in [9.17, 15) is 8.78 Å². The van der Waals surface area contributed by atoms with E-state index in [4.69, 9.17) is 4.74 Å². The van der Waals surface area contributed by atoms with Crippen LogP contribution in [-0.4, -0.2) is 37.7 Å². The molecule has 0 amide bonds. The van der Waals surface area contributed by atoms with E-state index < -0.39 is 11.6 Å². The summed E-state index contributed by atoms with van der Waals surface area (Å²) in [5.41, 5.74) is 0.178. The summed E-state index contributed by atoms with van der Waals surface area (Å²) in [4.78, 5) is 2.26. The lowest BCUT2D eigenvalue weighted by atomic mass is 10.1. The molecule has 1 aromatic carbocycles. The summed E-state index contributed by atoms with van der Waals surface area (Å²) >= 11 is 3.08. The van der Waals surface area contributed by atoms with Crippen LogP contribution in [0.25, 0.3) is 0 Å². The first-order valence-corrected chi connectivity index (χ1v) is 6.90. The second-order valence-corrected chi connectivity index (χ2v) is 5.23. The maximum Gasteiger partial charge on any atom is 0.143 e. The van der Waals surface area contributed by atoms with Crippen LogP contribution in [0.15, 0.2) is 16.6 Å². The van der Waals surface area contributed by atoms with E-state index in [0.717, 1.165) is 39.3 Å². The molecule has 1 aromatic rings. The van der Waals surface area contributed by atoms with Crippen molar-refractivity contribution in [2.24, 2.45) is 0 Å². The van der Waals surface area contributed by atoms with Crippen LogP contribution in [0.2, 0.25) is 0 Å². The third-order valence-electron chi connectivity index (χ3n) is 3.14. The highest BCUT2D eigenvalue weighted by atomic mass is 79.9. The molecular weight excluding hydrogens is 304 g/mol. The average molecular weight is 320 g/mol. The Kier molecular flexibility index (Phi) is 5.09. The molecule has 2 nitrogen and oxygen atoms in total. The summed E-state index contributed by atoms with van der Waals surface area (Å²) < 4.78 is 32.8. The van der Waals surface area contributed by atoms with Crippen LogP contribution in [0.5, 0.6) is 0 Å². The van der Waals surface area contributed by atoms with Crippen molar-refractivity contribution in [2.75, 3.05) is 32.8 Å². The molecule has 0 saturated carbocycles. The Balaban J connectivity index is 1.88. The molecule has 1 fully saturated rings. The van der Waals surface area contributed by atoms with Crippen LogP contribution >= 0.6 is 15.9 Å². The van der Waals surface area contributed by atoms with Crippen LogP contribution in [0.3, 0.4) is 0 Å². The first-order valence-electron chi connectivity index (χ1n) is 6.11. The van der Waals surface area contributed by atoms with Gasteiger partial charge in [-0.2, -0.15) is 0 Å². The van der Waals surface area contributed by atoms with Crippen LogP contribution in [0.4, 0.5) is 8.78 Å². The SMILES string of the molecule is Fc1ccc(Br)c(F)c1CCCN1CCOCC1. The second-order valence-electron chi connectivity index (χ2n) is 4.38. The fourth-order valence-corrected chi connectivity index (χ4v) is 2.47. The fourth-order valence-electron chi connectivity index (χ4n) is 2.10. The van der Waals surface area contributed by atoms with Gasteiger partial charge in [-0.05, 0) is 47.4 Å². The largest absolute Gasteiger partial charge is 0.379 e. The lowest BCUT2D eigenvalue weighted by Gasteiger charge is -2.26. The van der Waals surface area contributed by atoms with E-state index in [0.29, 0.717) is 10.9 Å².